The molecule has 0 unspecified atom stereocenters. The van der Waals surface area contributed by atoms with Crippen molar-refractivity contribution in [3.05, 3.63) is 23.7 Å². The highest BCUT2D eigenvalue weighted by Crippen LogP contribution is 2.10. The fourth-order valence-electron chi connectivity index (χ4n) is 0.967. The molecule has 0 spiro atoms. The van der Waals surface area contributed by atoms with Crippen LogP contribution < -0.4 is 0 Å². The maximum atomic E-state index is 11.0. The molecule has 0 fully saturated rings. The van der Waals surface area contributed by atoms with E-state index in [0.717, 1.165) is 0 Å². The smallest absolute Gasteiger partial charge is 0.341 e. The van der Waals surface area contributed by atoms with Crippen LogP contribution in [0.25, 0.3) is 0 Å². The Morgan fingerprint density at radius 1 is 1.57 bits per heavy atom. The van der Waals surface area contributed by atoms with Gasteiger partial charge >= 0.3 is 11.9 Å². The van der Waals surface area contributed by atoms with Crippen LogP contribution in [0.2, 0.25) is 0 Å². The van der Waals surface area contributed by atoms with E-state index < -0.39 is 11.9 Å². The van der Waals surface area contributed by atoms with E-state index in [1.807, 2.05) is 0 Å². The van der Waals surface area contributed by atoms with Crippen molar-refractivity contribution in [2.24, 2.45) is 0 Å². The van der Waals surface area contributed by atoms with Crippen LogP contribution in [0.4, 0.5) is 0 Å². The molecule has 1 aromatic rings. The van der Waals surface area contributed by atoms with Crippen LogP contribution in [0.3, 0.4) is 0 Å². The molecule has 1 N–H and O–H groups in total. The molecule has 0 aromatic carbocycles. The van der Waals surface area contributed by atoms with Crippen LogP contribution in [0, 0.1) is 0 Å². The van der Waals surface area contributed by atoms with Crippen molar-refractivity contribution in [2.45, 2.75) is 12.8 Å². The summed E-state index contributed by atoms with van der Waals surface area (Å²) in [5, 5.41) is 8.40. The standard InChI is InChI=1S/C9H10O5/c1-13-9(12)6-4-7(14-5-6)2-3-8(10)11/h4-5H,2-3H2,1H3,(H,10,11). The van der Waals surface area contributed by atoms with Crippen LogP contribution in [-0.4, -0.2) is 24.2 Å². The molecule has 1 rings (SSSR count). The number of carboxylic acid groups (broad SMARTS) is 1. The highest BCUT2D eigenvalue weighted by Gasteiger charge is 2.10. The van der Waals surface area contributed by atoms with Gasteiger partial charge < -0.3 is 14.3 Å². The number of hydrogen-bond donors (Lipinski definition) is 1. The van der Waals surface area contributed by atoms with E-state index in [-0.39, 0.29) is 12.8 Å². The second-order valence-electron chi connectivity index (χ2n) is 2.69. The zero-order chi connectivity index (χ0) is 10.6. The van der Waals surface area contributed by atoms with Crippen LogP contribution in [0.1, 0.15) is 22.5 Å². The van der Waals surface area contributed by atoms with Gasteiger partial charge in [0.2, 0.25) is 0 Å². The van der Waals surface area contributed by atoms with Crippen molar-refractivity contribution in [1.29, 1.82) is 0 Å². The third-order valence-electron chi connectivity index (χ3n) is 1.66. The minimum absolute atomic E-state index is 0.0197. The number of esters is 1. The van der Waals surface area contributed by atoms with Crippen molar-refractivity contribution < 1.29 is 23.8 Å². The maximum absolute atomic E-state index is 11.0. The number of aliphatic carboxylic acids is 1. The number of carbonyl (C=O) groups is 2. The van der Waals surface area contributed by atoms with Crippen LogP contribution in [0.15, 0.2) is 16.7 Å². The number of ether oxygens (including phenoxy) is 1. The lowest BCUT2D eigenvalue weighted by Gasteiger charge is -1.91. The largest absolute Gasteiger partial charge is 0.481 e. The van der Waals surface area contributed by atoms with Gasteiger partial charge in [0, 0.05) is 6.42 Å². The summed E-state index contributed by atoms with van der Waals surface area (Å²) >= 11 is 0. The van der Waals surface area contributed by atoms with Crippen molar-refractivity contribution in [2.75, 3.05) is 7.11 Å². The molecular weight excluding hydrogens is 188 g/mol. The highest BCUT2D eigenvalue weighted by atomic mass is 16.5. The molecule has 5 heteroatoms. The Morgan fingerprint density at radius 2 is 2.29 bits per heavy atom. The summed E-state index contributed by atoms with van der Waals surface area (Å²) in [7, 11) is 1.27. The third kappa shape index (κ3) is 2.62. The molecule has 1 aromatic heterocycles. The molecule has 0 atom stereocenters. The normalized spacial score (nSPS) is 9.79. The van der Waals surface area contributed by atoms with E-state index in [1.165, 1.54) is 19.4 Å². The van der Waals surface area contributed by atoms with Crippen molar-refractivity contribution in [3.8, 4) is 0 Å². The molecule has 0 saturated carbocycles. The molecule has 0 amide bonds. The van der Waals surface area contributed by atoms with E-state index in [4.69, 9.17) is 9.52 Å². The van der Waals surface area contributed by atoms with Gasteiger partial charge in [-0.15, -0.1) is 0 Å². The van der Waals surface area contributed by atoms with Crippen LogP contribution >= 0.6 is 0 Å². The number of carbonyl (C=O) groups excluding carboxylic acids is 1. The van der Waals surface area contributed by atoms with Gasteiger partial charge in [-0.05, 0) is 6.07 Å². The van der Waals surface area contributed by atoms with Gasteiger partial charge in [-0.2, -0.15) is 0 Å². The average molecular weight is 198 g/mol. The Kier molecular flexibility index (Phi) is 3.28. The van der Waals surface area contributed by atoms with E-state index >= 15 is 0 Å². The van der Waals surface area contributed by atoms with Gasteiger partial charge in [-0.25, -0.2) is 4.79 Å². The number of rotatable bonds is 4. The third-order valence-corrected chi connectivity index (χ3v) is 1.66. The Bertz CT molecular complexity index is 339. The molecule has 5 nitrogen and oxygen atoms in total. The van der Waals surface area contributed by atoms with E-state index in [9.17, 15) is 9.59 Å². The first-order valence-corrected chi connectivity index (χ1v) is 4.01. The number of methoxy groups -OCH3 is 1. The van der Waals surface area contributed by atoms with Gasteiger partial charge in [0.05, 0.1) is 19.1 Å². The summed E-state index contributed by atoms with van der Waals surface area (Å²) in [6, 6.07) is 1.48. The average Bonchev–Trinajstić information content (AvgIpc) is 2.62. The molecule has 0 bridgehead atoms. The summed E-state index contributed by atoms with van der Waals surface area (Å²) in [4.78, 5) is 21.2. The highest BCUT2D eigenvalue weighted by molar-refractivity contribution is 5.89. The topological polar surface area (TPSA) is 76.7 Å². The second kappa shape index (κ2) is 4.45. The van der Waals surface area contributed by atoms with Gasteiger partial charge in [0.25, 0.3) is 0 Å². The first kappa shape index (κ1) is 10.3. The van der Waals surface area contributed by atoms with E-state index in [2.05, 4.69) is 4.74 Å². The van der Waals surface area contributed by atoms with Crippen molar-refractivity contribution in [3.63, 3.8) is 0 Å². The summed E-state index contributed by atoms with van der Waals surface area (Å²) < 4.78 is 9.43. The zero-order valence-corrected chi connectivity index (χ0v) is 7.65. The summed E-state index contributed by atoms with van der Waals surface area (Å²) in [6.45, 7) is 0. The fraction of sp³-hybridized carbons (Fsp3) is 0.333. The quantitative estimate of drug-likeness (QED) is 0.732. The van der Waals surface area contributed by atoms with Gasteiger partial charge in [0.15, 0.2) is 0 Å². The minimum atomic E-state index is -0.902. The van der Waals surface area contributed by atoms with E-state index in [0.29, 0.717) is 11.3 Å². The Balaban J connectivity index is 2.59. The minimum Gasteiger partial charge on any atom is -0.481 e. The molecule has 0 saturated heterocycles. The molecule has 0 aliphatic heterocycles. The maximum Gasteiger partial charge on any atom is 0.341 e. The van der Waals surface area contributed by atoms with Gasteiger partial charge in [-0.1, -0.05) is 0 Å². The first-order valence-electron chi connectivity index (χ1n) is 4.01. The Morgan fingerprint density at radius 3 is 2.86 bits per heavy atom. The number of hydrogen-bond acceptors (Lipinski definition) is 4. The molecule has 0 radical (unpaired) electrons. The number of aryl methyl sites for hydroxylation is 1. The lowest BCUT2D eigenvalue weighted by Crippen LogP contribution is -1.99. The lowest BCUT2D eigenvalue weighted by molar-refractivity contribution is -0.137. The van der Waals surface area contributed by atoms with Gasteiger partial charge in [0.1, 0.15) is 12.0 Å². The number of furan rings is 1. The predicted molar refractivity (Wildman–Crippen MR) is 46.0 cm³/mol. The second-order valence-corrected chi connectivity index (χ2v) is 2.69. The molecule has 0 aliphatic rings. The molecular formula is C9H10O5. The lowest BCUT2D eigenvalue weighted by atomic mass is 10.2. The molecule has 76 valence electrons. The van der Waals surface area contributed by atoms with Crippen LogP contribution in [0.5, 0.6) is 0 Å². The van der Waals surface area contributed by atoms with Crippen molar-refractivity contribution >= 4 is 11.9 Å². The van der Waals surface area contributed by atoms with Gasteiger partial charge in [-0.3, -0.25) is 4.79 Å². The monoisotopic (exact) mass is 198 g/mol. The summed E-state index contributed by atoms with van der Waals surface area (Å²) in [6.07, 6.45) is 1.50. The molecule has 14 heavy (non-hydrogen) atoms. The van der Waals surface area contributed by atoms with E-state index in [1.54, 1.807) is 0 Å². The first-order chi connectivity index (χ1) is 6.63. The molecule has 1 heterocycles. The summed E-state index contributed by atoms with van der Waals surface area (Å²) in [5.74, 6) is -0.927. The summed E-state index contributed by atoms with van der Waals surface area (Å²) in [5.41, 5.74) is 0.299. The predicted octanol–water partition coefficient (Wildman–Crippen LogP) is 1.08. The van der Waals surface area contributed by atoms with Crippen molar-refractivity contribution in [1.82, 2.24) is 0 Å². The Labute approximate surface area is 80.3 Å². The zero-order valence-electron chi connectivity index (χ0n) is 7.65. The SMILES string of the molecule is COC(=O)c1coc(CCC(=O)O)c1. The van der Waals surface area contributed by atoms with Crippen LogP contribution in [-0.2, 0) is 16.0 Å². The fourth-order valence-corrected chi connectivity index (χ4v) is 0.967. The number of carboxylic acids is 1. The molecule has 0 aliphatic carbocycles. The Hall–Kier alpha value is -1.78.